The zero-order valence-electron chi connectivity index (χ0n) is 22.5. The van der Waals surface area contributed by atoms with Crippen LogP contribution >= 0.6 is 0 Å². The first-order chi connectivity index (χ1) is 19.4. The molecule has 2 aromatic carbocycles. The van der Waals surface area contributed by atoms with E-state index in [1.165, 1.54) is 19.1 Å². The number of rotatable bonds is 8. The summed E-state index contributed by atoms with van der Waals surface area (Å²) in [5.41, 5.74) is 1.71. The quantitative estimate of drug-likeness (QED) is 0.373. The monoisotopic (exact) mass is 539 g/mol. The number of ether oxygens (including phenoxy) is 2. The molecule has 1 aromatic heterocycles. The minimum absolute atomic E-state index is 0.0217. The number of amides is 2. The van der Waals surface area contributed by atoms with Gasteiger partial charge in [-0.2, -0.15) is 0 Å². The predicted octanol–water partition coefficient (Wildman–Crippen LogP) is 5.36. The average molecular weight is 540 g/mol. The van der Waals surface area contributed by atoms with Crippen molar-refractivity contribution in [2.24, 2.45) is 17.3 Å². The molecule has 4 aliphatic rings. The first-order valence-corrected chi connectivity index (χ1v) is 13.8. The van der Waals surface area contributed by atoms with Crippen LogP contribution in [0.25, 0.3) is 0 Å². The Morgan fingerprint density at radius 2 is 1.70 bits per heavy atom. The standard InChI is InChI=1S/C32H33N3O5/c1-39-29(37)23-5-4-6-25(14-23)34-28(36)19-40-26-10-8-24(9-11-26)31-15-21-13-22(16-31)18-32(17-21,20-31)30(38)35-27-7-2-3-12-33-27/h2-12,14,21-22H,13,15-20H2,1H3,(H,34,36)(H,33,35,38). The van der Waals surface area contributed by atoms with E-state index in [0.29, 0.717) is 34.7 Å². The van der Waals surface area contributed by atoms with Crippen molar-refractivity contribution in [2.75, 3.05) is 24.4 Å². The lowest BCUT2D eigenvalue weighted by atomic mass is 9.42. The van der Waals surface area contributed by atoms with Gasteiger partial charge >= 0.3 is 5.97 Å². The number of carbonyl (C=O) groups is 3. The summed E-state index contributed by atoms with van der Waals surface area (Å²) in [5, 5.41) is 5.85. The van der Waals surface area contributed by atoms with Crippen LogP contribution in [0, 0.1) is 17.3 Å². The number of nitrogens with one attached hydrogen (secondary N) is 2. The normalized spacial score (nSPS) is 26.1. The third-order valence-corrected chi connectivity index (χ3v) is 8.85. The van der Waals surface area contributed by atoms with E-state index in [4.69, 9.17) is 9.47 Å². The number of hydrogen-bond acceptors (Lipinski definition) is 6. The predicted molar refractivity (Wildman–Crippen MR) is 150 cm³/mol. The Morgan fingerprint density at radius 3 is 2.40 bits per heavy atom. The molecule has 0 spiro atoms. The molecule has 2 unspecified atom stereocenters. The van der Waals surface area contributed by atoms with Gasteiger partial charge in [0.15, 0.2) is 6.61 Å². The number of anilines is 2. The van der Waals surface area contributed by atoms with Gasteiger partial charge in [0.2, 0.25) is 5.91 Å². The number of esters is 1. The molecule has 206 valence electrons. The fraction of sp³-hybridized carbons (Fsp3) is 0.375. The molecule has 0 radical (unpaired) electrons. The van der Waals surface area contributed by atoms with Crippen molar-refractivity contribution in [1.82, 2.24) is 4.98 Å². The maximum Gasteiger partial charge on any atom is 0.337 e. The molecule has 0 saturated heterocycles. The van der Waals surface area contributed by atoms with Crippen LogP contribution in [-0.4, -0.2) is 36.5 Å². The number of benzene rings is 2. The lowest BCUT2D eigenvalue weighted by Crippen LogP contribution is -2.58. The van der Waals surface area contributed by atoms with Gasteiger partial charge in [0.05, 0.1) is 18.1 Å². The van der Waals surface area contributed by atoms with Crippen LogP contribution in [0.5, 0.6) is 5.75 Å². The van der Waals surface area contributed by atoms with E-state index in [9.17, 15) is 14.4 Å². The highest BCUT2D eigenvalue weighted by Gasteiger charge is 2.61. The maximum atomic E-state index is 13.6. The Balaban J connectivity index is 1.11. The molecule has 1 heterocycles. The zero-order valence-corrected chi connectivity index (χ0v) is 22.5. The minimum Gasteiger partial charge on any atom is -0.484 e. The first kappa shape index (κ1) is 26.0. The van der Waals surface area contributed by atoms with Gasteiger partial charge in [0.25, 0.3) is 5.91 Å². The largest absolute Gasteiger partial charge is 0.484 e. The molecule has 4 aliphatic carbocycles. The highest BCUT2D eigenvalue weighted by atomic mass is 16.5. The van der Waals surface area contributed by atoms with Crippen LogP contribution in [0.1, 0.15) is 54.4 Å². The molecule has 4 fully saturated rings. The number of nitrogens with zero attached hydrogens (tertiary/aromatic N) is 1. The number of carbonyl (C=O) groups excluding carboxylic acids is 3. The van der Waals surface area contributed by atoms with Gasteiger partial charge in [-0.05, 0) is 104 Å². The SMILES string of the molecule is COC(=O)c1cccc(NC(=O)COc2ccc(C34CC5CC(CC(C(=O)Nc6ccccn6)(C5)C3)C4)cc2)c1. The summed E-state index contributed by atoms with van der Waals surface area (Å²) in [7, 11) is 1.31. The Labute approximate surface area is 233 Å². The molecule has 40 heavy (non-hydrogen) atoms. The van der Waals surface area contributed by atoms with Crippen molar-refractivity contribution < 1.29 is 23.9 Å². The van der Waals surface area contributed by atoms with E-state index in [0.717, 1.165) is 32.1 Å². The third kappa shape index (κ3) is 5.06. The molecular weight excluding hydrogens is 506 g/mol. The van der Waals surface area contributed by atoms with Crippen LogP contribution < -0.4 is 15.4 Å². The van der Waals surface area contributed by atoms with Gasteiger partial charge in [0.1, 0.15) is 11.6 Å². The number of methoxy groups -OCH3 is 1. The van der Waals surface area contributed by atoms with Crippen LogP contribution in [0.15, 0.2) is 72.9 Å². The van der Waals surface area contributed by atoms with Crippen molar-refractivity contribution >= 4 is 29.3 Å². The number of pyridine rings is 1. The molecule has 4 bridgehead atoms. The van der Waals surface area contributed by atoms with E-state index in [1.807, 2.05) is 30.3 Å². The van der Waals surface area contributed by atoms with Crippen molar-refractivity contribution in [1.29, 1.82) is 0 Å². The van der Waals surface area contributed by atoms with Gasteiger partial charge in [-0.3, -0.25) is 9.59 Å². The van der Waals surface area contributed by atoms with E-state index in [-0.39, 0.29) is 29.3 Å². The van der Waals surface area contributed by atoms with Crippen LogP contribution in [0.2, 0.25) is 0 Å². The summed E-state index contributed by atoms with van der Waals surface area (Å²) in [6.45, 7) is -0.159. The Hall–Kier alpha value is -4.20. The summed E-state index contributed by atoms with van der Waals surface area (Å²) >= 11 is 0. The van der Waals surface area contributed by atoms with E-state index in [1.54, 1.807) is 30.5 Å². The molecular formula is C32H33N3O5. The van der Waals surface area contributed by atoms with Gasteiger partial charge < -0.3 is 20.1 Å². The molecule has 4 saturated carbocycles. The summed E-state index contributed by atoms with van der Waals surface area (Å²) in [6.07, 6.45) is 7.86. The Morgan fingerprint density at radius 1 is 0.925 bits per heavy atom. The second kappa shape index (κ2) is 10.4. The maximum absolute atomic E-state index is 13.6. The van der Waals surface area contributed by atoms with E-state index >= 15 is 0 Å². The smallest absolute Gasteiger partial charge is 0.337 e. The molecule has 8 heteroatoms. The molecule has 2 atom stereocenters. The second-order valence-corrected chi connectivity index (χ2v) is 11.6. The lowest BCUT2D eigenvalue weighted by molar-refractivity contribution is -0.143. The van der Waals surface area contributed by atoms with Crippen molar-refractivity contribution in [3.05, 3.63) is 84.1 Å². The van der Waals surface area contributed by atoms with Crippen molar-refractivity contribution in [3.8, 4) is 5.75 Å². The molecule has 8 nitrogen and oxygen atoms in total. The molecule has 2 N–H and O–H groups in total. The molecule has 2 amide bonds. The fourth-order valence-electron chi connectivity index (χ4n) is 7.64. The first-order valence-electron chi connectivity index (χ1n) is 13.8. The topological polar surface area (TPSA) is 107 Å². The lowest BCUT2D eigenvalue weighted by Gasteiger charge is -2.61. The Kier molecular flexibility index (Phi) is 6.78. The summed E-state index contributed by atoms with van der Waals surface area (Å²) in [6, 6.07) is 20.2. The summed E-state index contributed by atoms with van der Waals surface area (Å²) < 4.78 is 10.5. The van der Waals surface area contributed by atoms with Gasteiger partial charge in [-0.15, -0.1) is 0 Å². The minimum atomic E-state index is -0.466. The summed E-state index contributed by atoms with van der Waals surface area (Å²) in [5.74, 6) is 1.63. The second-order valence-electron chi connectivity index (χ2n) is 11.6. The Bertz CT molecular complexity index is 1410. The zero-order chi connectivity index (χ0) is 27.7. The molecule has 7 rings (SSSR count). The summed E-state index contributed by atoms with van der Waals surface area (Å²) in [4.78, 5) is 42.1. The highest BCUT2D eigenvalue weighted by molar-refractivity contribution is 5.96. The van der Waals surface area contributed by atoms with E-state index < -0.39 is 5.97 Å². The number of aromatic nitrogens is 1. The third-order valence-electron chi connectivity index (χ3n) is 8.85. The van der Waals surface area contributed by atoms with Crippen LogP contribution in [0.3, 0.4) is 0 Å². The van der Waals surface area contributed by atoms with Gasteiger partial charge in [-0.25, -0.2) is 9.78 Å². The molecule has 3 aromatic rings. The van der Waals surface area contributed by atoms with Gasteiger partial charge in [0, 0.05) is 11.9 Å². The van der Waals surface area contributed by atoms with E-state index in [2.05, 4.69) is 27.8 Å². The van der Waals surface area contributed by atoms with Crippen molar-refractivity contribution in [3.63, 3.8) is 0 Å². The van der Waals surface area contributed by atoms with Crippen molar-refractivity contribution in [2.45, 2.75) is 43.9 Å². The average Bonchev–Trinajstić information content (AvgIpc) is 2.96. The van der Waals surface area contributed by atoms with Crippen LogP contribution in [0.4, 0.5) is 11.5 Å². The number of hydrogen-bond donors (Lipinski definition) is 2. The van der Waals surface area contributed by atoms with Gasteiger partial charge in [-0.1, -0.05) is 24.3 Å². The highest BCUT2D eigenvalue weighted by Crippen LogP contribution is 2.66. The van der Waals surface area contributed by atoms with Crippen LogP contribution in [-0.2, 0) is 19.7 Å². The fourth-order valence-corrected chi connectivity index (χ4v) is 7.64. The molecule has 0 aliphatic heterocycles.